The lowest BCUT2D eigenvalue weighted by Crippen LogP contribution is -2.41. The molecule has 9 nitrogen and oxygen atoms in total. The Labute approximate surface area is 228 Å². The third-order valence-corrected chi connectivity index (χ3v) is 7.64. The summed E-state index contributed by atoms with van der Waals surface area (Å²) in [5.74, 6) is 3.19. The summed E-state index contributed by atoms with van der Waals surface area (Å²) >= 11 is 0. The fourth-order valence-corrected chi connectivity index (χ4v) is 5.53. The number of aliphatic imine (C=N–C) groups is 1. The van der Waals surface area contributed by atoms with E-state index in [1.165, 1.54) is 5.56 Å². The third kappa shape index (κ3) is 4.85. The second kappa shape index (κ2) is 10.5. The van der Waals surface area contributed by atoms with Gasteiger partial charge in [-0.1, -0.05) is 36.4 Å². The SMILES string of the molecule is COc1ccc(Cn2nnc(-c3ccc(C4=N[C@@H]5CCN(C)C[C@@H]5c5cc(OC)c(OC)cc54)cc3)n2)cc1. The summed E-state index contributed by atoms with van der Waals surface area (Å²) in [6.07, 6.45) is 1.03. The average Bonchev–Trinajstić information content (AvgIpc) is 3.45. The molecule has 2 aliphatic rings. The molecule has 3 aromatic carbocycles. The maximum atomic E-state index is 5.66. The van der Waals surface area contributed by atoms with Crippen LogP contribution in [0.1, 0.15) is 34.6 Å². The molecule has 0 unspecified atom stereocenters. The molecule has 1 saturated heterocycles. The van der Waals surface area contributed by atoms with Crippen LogP contribution in [0.3, 0.4) is 0 Å². The Hall–Kier alpha value is -4.24. The quantitative estimate of drug-likeness (QED) is 0.360. The number of likely N-dealkylation sites (tertiary alicyclic amines) is 1. The van der Waals surface area contributed by atoms with Gasteiger partial charge in [0.15, 0.2) is 11.5 Å². The first-order chi connectivity index (χ1) is 19.1. The van der Waals surface area contributed by atoms with E-state index in [0.717, 1.165) is 59.0 Å². The van der Waals surface area contributed by atoms with Crippen molar-refractivity contribution >= 4 is 5.71 Å². The third-order valence-electron chi connectivity index (χ3n) is 7.64. The molecular formula is C30H32N6O3. The van der Waals surface area contributed by atoms with Gasteiger partial charge < -0.3 is 19.1 Å². The largest absolute Gasteiger partial charge is 0.497 e. The lowest BCUT2D eigenvalue weighted by atomic mass is 9.79. The van der Waals surface area contributed by atoms with Crippen LogP contribution < -0.4 is 14.2 Å². The van der Waals surface area contributed by atoms with Crippen LogP contribution in [0.4, 0.5) is 0 Å². The molecule has 6 rings (SSSR count). The van der Waals surface area contributed by atoms with Crippen LogP contribution in [0.15, 0.2) is 65.7 Å². The predicted octanol–water partition coefficient (Wildman–Crippen LogP) is 4.05. The minimum absolute atomic E-state index is 0.237. The summed E-state index contributed by atoms with van der Waals surface area (Å²) in [4.78, 5) is 9.27. The van der Waals surface area contributed by atoms with Gasteiger partial charge in [-0.15, -0.1) is 10.2 Å². The Morgan fingerprint density at radius 1 is 0.872 bits per heavy atom. The van der Waals surface area contributed by atoms with Gasteiger partial charge in [0, 0.05) is 29.2 Å². The molecule has 0 radical (unpaired) electrons. The second-order valence-corrected chi connectivity index (χ2v) is 10.1. The number of rotatable bonds is 7. The Bertz CT molecular complexity index is 1500. The highest BCUT2D eigenvalue weighted by Crippen LogP contribution is 2.42. The minimum Gasteiger partial charge on any atom is -0.497 e. The number of benzene rings is 3. The van der Waals surface area contributed by atoms with E-state index in [0.29, 0.717) is 24.0 Å². The molecule has 0 spiro atoms. The number of piperidine rings is 1. The van der Waals surface area contributed by atoms with Gasteiger partial charge >= 0.3 is 0 Å². The zero-order valence-corrected chi connectivity index (χ0v) is 22.7. The molecule has 2 atom stereocenters. The molecule has 1 aromatic heterocycles. The zero-order valence-electron chi connectivity index (χ0n) is 22.7. The van der Waals surface area contributed by atoms with Crippen molar-refractivity contribution in [3.8, 4) is 28.6 Å². The van der Waals surface area contributed by atoms with E-state index in [9.17, 15) is 0 Å². The van der Waals surface area contributed by atoms with Crippen LogP contribution in [0.25, 0.3) is 11.4 Å². The van der Waals surface area contributed by atoms with Gasteiger partial charge in [-0.25, -0.2) is 0 Å². The van der Waals surface area contributed by atoms with E-state index in [4.69, 9.17) is 19.2 Å². The monoisotopic (exact) mass is 524 g/mol. The molecule has 2 aliphatic heterocycles. The van der Waals surface area contributed by atoms with Crippen molar-refractivity contribution in [2.24, 2.45) is 4.99 Å². The lowest BCUT2D eigenvalue weighted by molar-refractivity contribution is 0.227. The van der Waals surface area contributed by atoms with E-state index in [2.05, 4.69) is 51.6 Å². The lowest BCUT2D eigenvalue weighted by Gasteiger charge is -2.39. The predicted molar refractivity (Wildman–Crippen MR) is 149 cm³/mol. The average molecular weight is 525 g/mol. The highest BCUT2D eigenvalue weighted by molar-refractivity contribution is 6.15. The number of ether oxygens (including phenoxy) is 3. The van der Waals surface area contributed by atoms with Crippen LogP contribution in [0.2, 0.25) is 0 Å². The number of aromatic nitrogens is 4. The Morgan fingerprint density at radius 2 is 1.59 bits per heavy atom. The van der Waals surface area contributed by atoms with Crippen molar-refractivity contribution in [3.63, 3.8) is 0 Å². The molecule has 0 N–H and O–H groups in total. The highest BCUT2D eigenvalue weighted by Gasteiger charge is 2.36. The fraction of sp³-hybridized carbons (Fsp3) is 0.333. The van der Waals surface area contributed by atoms with Gasteiger partial charge in [-0.2, -0.15) is 4.80 Å². The van der Waals surface area contributed by atoms with E-state index in [1.807, 2.05) is 36.4 Å². The van der Waals surface area contributed by atoms with Gasteiger partial charge in [-0.3, -0.25) is 4.99 Å². The number of likely N-dealkylation sites (N-methyl/N-ethyl adjacent to an activating group) is 1. The number of fused-ring (bicyclic) bond motifs is 3. The zero-order chi connectivity index (χ0) is 26.9. The van der Waals surface area contributed by atoms with E-state index in [-0.39, 0.29) is 6.04 Å². The highest BCUT2D eigenvalue weighted by atomic mass is 16.5. The van der Waals surface area contributed by atoms with Gasteiger partial charge in [0.25, 0.3) is 0 Å². The van der Waals surface area contributed by atoms with E-state index >= 15 is 0 Å². The van der Waals surface area contributed by atoms with Crippen LogP contribution in [0.5, 0.6) is 17.2 Å². The van der Waals surface area contributed by atoms with E-state index < -0.39 is 0 Å². The van der Waals surface area contributed by atoms with Gasteiger partial charge in [0.2, 0.25) is 5.82 Å². The smallest absolute Gasteiger partial charge is 0.204 e. The molecule has 0 bridgehead atoms. The maximum Gasteiger partial charge on any atom is 0.204 e. The Kier molecular flexibility index (Phi) is 6.74. The van der Waals surface area contributed by atoms with Crippen LogP contribution >= 0.6 is 0 Å². The molecule has 9 heteroatoms. The summed E-state index contributed by atoms with van der Waals surface area (Å²) in [6, 6.07) is 20.6. The fourth-order valence-electron chi connectivity index (χ4n) is 5.53. The maximum absolute atomic E-state index is 5.66. The summed E-state index contributed by atoms with van der Waals surface area (Å²) in [7, 11) is 7.19. The van der Waals surface area contributed by atoms with Gasteiger partial charge in [0.1, 0.15) is 5.75 Å². The van der Waals surface area contributed by atoms with Gasteiger partial charge in [0.05, 0.1) is 39.6 Å². The second-order valence-electron chi connectivity index (χ2n) is 10.1. The standard InChI is InChI=1S/C30H32N6O3/c1-35-14-13-26-25(18-35)23-15-27(38-3)28(39-4)16-24(23)29(31-26)20-7-9-21(10-8-20)30-32-34-36(33-30)17-19-5-11-22(37-2)12-6-19/h5-12,15-16,25-26H,13-14,17-18H2,1-4H3/t25-,26-/m1/s1. The summed E-state index contributed by atoms with van der Waals surface area (Å²) in [5.41, 5.74) is 6.38. The first-order valence-corrected chi connectivity index (χ1v) is 13.1. The van der Waals surface area contributed by atoms with Crippen molar-refractivity contribution < 1.29 is 14.2 Å². The number of tetrazole rings is 1. The van der Waals surface area contributed by atoms with Crippen molar-refractivity contribution in [2.75, 3.05) is 41.5 Å². The Balaban J connectivity index is 1.29. The number of hydrogen-bond acceptors (Lipinski definition) is 8. The minimum atomic E-state index is 0.237. The normalized spacial score (nSPS) is 18.6. The summed E-state index contributed by atoms with van der Waals surface area (Å²) in [5, 5.41) is 13.1. The Morgan fingerprint density at radius 3 is 2.31 bits per heavy atom. The molecule has 0 amide bonds. The molecular weight excluding hydrogens is 492 g/mol. The molecule has 1 fully saturated rings. The van der Waals surface area contributed by atoms with Gasteiger partial charge in [-0.05, 0) is 60.6 Å². The van der Waals surface area contributed by atoms with Crippen LogP contribution in [-0.4, -0.2) is 78.3 Å². The number of nitrogens with zero attached hydrogens (tertiary/aromatic N) is 6. The van der Waals surface area contributed by atoms with Crippen molar-refractivity contribution in [3.05, 3.63) is 82.9 Å². The molecule has 4 aromatic rings. The van der Waals surface area contributed by atoms with Crippen molar-refractivity contribution in [2.45, 2.75) is 24.9 Å². The number of hydrogen-bond donors (Lipinski definition) is 0. The van der Waals surface area contributed by atoms with E-state index in [1.54, 1.807) is 26.1 Å². The molecule has 0 aliphatic carbocycles. The van der Waals surface area contributed by atoms with Crippen LogP contribution in [-0.2, 0) is 6.54 Å². The first kappa shape index (κ1) is 25.1. The topological polar surface area (TPSA) is 86.9 Å². The van der Waals surface area contributed by atoms with Crippen molar-refractivity contribution in [1.29, 1.82) is 0 Å². The molecule has 0 saturated carbocycles. The van der Waals surface area contributed by atoms with Crippen molar-refractivity contribution in [1.82, 2.24) is 25.1 Å². The summed E-state index contributed by atoms with van der Waals surface area (Å²) < 4.78 is 16.5. The summed E-state index contributed by atoms with van der Waals surface area (Å²) in [6.45, 7) is 2.55. The number of methoxy groups -OCH3 is 3. The van der Waals surface area contributed by atoms with Crippen LogP contribution in [0, 0.1) is 0 Å². The molecule has 200 valence electrons. The first-order valence-electron chi connectivity index (χ1n) is 13.1. The molecule has 39 heavy (non-hydrogen) atoms. The molecule has 3 heterocycles.